The zero-order chi connectivity index (χ0) is 21.8. The minimum atomic E-state index is -4.40. The number of rotatable bonds is 6. The van der Waals surface area contributed by atoms with Crippen molar-refractivity contribution < 1.29 is 27.8 Å². The van der Waals surface area contributed by atoms with E-state index in [0.29, 0.717) is 37.9 Å². The number of amides is 1. The third kappa shape index (κ3) is 5.02. The van der Waals surface area contributed by atoms with Gasteiger partial charge in [0.05, 0.1) is 5.56 Å². The average molecular weight is 421 g/mol. The predicted molar refractivity (Wildman–Crippen MR) is 107 cm³/mol. The second-order valence-corrected chi connectivity index (χ2v) is 7.88. The molecule has 1 aliphatic rings. The summed E-state index contributed by atoms with van der Waals surface area (Å²) in [7, 11) is 1.49. The molecule has 1 N–H and O–H groups in total. The molecule has 0 radical (unpaired) electrons. The Hall–Kier alpha value is -2.38. The van der Waals surface area contributed by atoms with Crippen LogP contribution in [0.1, 0.15) is 35.6 Å². The van der Waals surface area contributed by atoms with Crippen LogP contribution in [0, 0.1) is 5.41 Å². The summed E-state index contributed by atoms with van der Waals surface area (Å²) < 4.78 is 44.4. The van der Waals surface area contributed by atoms with E-state index in [4.69, 9.17) is 4.74 Å². The first-order valence-corrected chi connectivity index (χ1v) is 9.91. The lowest BCUT2D eigenvalue weighted by atomic mass is 9.74. The Labute approximate surface area is 174 Å². The summed E-state index contributed by atoms with van der Waals surface area (Å²) in [6.45, 7) is 0.702. The summed E-state index contributed by atoms with van der Waals surface area (Å²) in [6, 6.07) is 14.5. The number of alkyl halides is 3. The van der Waals surface area contributed by atoms with Crippen molar-refractivity contribution in [2.75, 3.05) is 26.8 Å². The Bertz CT molecular complexity index is 846. The molecule has 0 bridgehead atoms. The molecule has 1 amide bonds. The summed E-state index contributed by atoms with van der Waals surface area (Å²) in [5, 5.41) is 10.0. The molecule has 1 saturated heterocycles. The molecule has 1 heterocycles. The molecule has 1 atom stereocenters. The van der Waals surface area contributed by atoms with Crippen molar-refractivity contribution in [3.05, 3.63) is 71.3 Å². The van der Waals surface area contributed by atoms with Gasteiger partial charge in [-0.1, -0.05) is 48.5 Å². The number of halogens is 3. The molecule has 3 rings (SSSR count). The molecule has 162 valence electrons. The summed E-state index contributed by atoms with van der Waals surface area (Å²) in [4.78, 5) is 14.7. The number of hydrogen-bond donors (Lipinski definition) is 1. The fourth-order valence-corrected chi connectivity index (χ4v) is 4.06. The number of benzene rings is 2. The smallest absolute Gasteiger partial charge is 0.396 e. The molecule has 0 saturated carbocycles. The summed E-state index contributed by atoms with van der Waals surface area (Å²) >= 11 is 0. The number of ether oxygens (including phenoxy) is 1. The van der Waals surface area contributed by atoms with Gasteiger partial charge in [0.2, 0.25) is 0 Å². The highest BCUT2D eigenvalue weighted by atomic mass is 19.4. The number of hydrogen-bond acceptors (Lipinski definition) is 3. The maximum absolute atomic E-state index is 13.0. The van der Waals surface area contributed by atoms with Crippen molar-refractivity contribution >= 4 is 5.91 Å². The van der Waals surface area contributed by atoms with E-state index in [-0.39, 0.29) is 12.5 Å². The molecular formula is C23H26F3NO3. The fourth-order valence-electron chi connectivity index (χ4n) is 4.06. The zero-order valence-electron chi connectivity index (χ0n) is 16.9. The molecular weight excluding hydrogens is 395 g/mol. The Morgan fingerprint density at radius 2 is 1.80 bits per heavy atom. The third-order valence-electron chi connectivity index (χ3n) is 5.87. The molecule has 30 heavy (non-hydrogen) atoms. The Balaban J connectivity index is 1.68. The first-order chi connectivity index (χ1) is 14.3. The van der Waals surface area contributed by atoms with Gasteiger partial charge >= 0.3 is 6.18 Å². The summed E-state index contributed by atoms with van der Waals surface area (Å²) in [5.41, 5.74) is 0.0771. The van der Waals surface area contributed by atoms with Crippen LogP contribution in [0.5, 0.6) is 0 Å². The van der Waals surface area contributed by atoms with Crippen molar-refractivity contribution in [2.24, 2.45) is 5.41 Å². The first-order valence-electron chi connectivity index (χ1n) is 9.91. The number of aliphatic hydroxyl groups is 1. The van der Waals surface area contributed by atoms with E-state index >= 15 is 0 Å². The average Bonchev–Trinajstić information content (AvgIpc) is 2.75. The second kappa shape index (κ2) is 9.18. The first kappa shape index (κ1) is 22.3. The van der Waals surface area contributed by atoms with Gasteiger partial charge in [-0.05, 0) is 36.5 Å². The monoisotopic (exact) mass is 421 g/mol. The van der Waals surface area contributed by atoms with E-state index < -0.39 is 23.3 Å². The fraction of sp³-hybridized carbons (Fsp3) is 0.435. The Kier molecular flexibility index (Phi) is 6.83. The lowest BCUT2D eigenvalue weighted by Gasteiger charge is -2.41. The van der Waals surface area contributed by atoms with Gasteiger partial charge in [-0.25, -0.2) is 0 Å². The van der Waals surface area contributed by atoms with E-state index in [9.17, 15) is 23.1 Å². The lowest BCUT2D eigenvalue weighted by Crippen LogP contribution is -2.47. The SMILES string of the molecule is COC(C(=O)N1CCC(CO)(Cc2cccc(C(F)(F)F)c2)CC1)c1ccccc1. The van der Waals surface area contributed by atoms with Crippen LogP contribution < -0.4 is 0 Å². The lowest BCUT2D eigenvalue weighted by molar-refractivity contribution is -0.145. The topological polar surface area (TPSA) is 49.8 Å². The molecule has 0 spiro atoms. The van der Waals surface area contributed by atoms with Gasteiger partial charge in [-0.3, -0.25) is 4.79 Å². The van der Waals surface area contributed by atoms with Crippen LogP contribution in [-0.2, 0) is 22.1 Å². The number of likely N-dealkylation sites (tertiary alicyclic amines) is 1. The maximum Gasteiger partial charge on any atom is 0.416 e. The number of carbonyl (C=O) groups excluding carboxylic acids is 1. The van der Waals surface area contributed by atoms with E-state index in [1.54, 1.807) is 11.0 Å². The number of carbonyl (C=O) groups is 1. The van der Waals surface area contributed by atoms with Gasteiger partial charge in [0.1, 0.15) is 0 Å². The molecule has 0 aliphatic carbocycles. The number of piperidine rings is 1. The van der Waals surface area contributed by atoms with Gasteiger partial charge in [0.25, 0.3) is 5.91 Å². The van der Waals surface area contributed by atoms with Crippen LogP contribution in [0.3, 0.4) is 0 Å². The van der Waals surface area contributed by atoms with E-state index in [2.05, 4.69) is 0 Å². The normalized spacial score (nSPS) is 17.6. The zero-order valence-corrected chi connectivity index (χ0v) is 16.9. The molecule has 2 aromatic carbocycles. The standard InChI is InChI=1S/C23H26F3NO3/c1-30-20(18-7-3-2-4-8-18)21(29)27-12-10-22(16-28,11-13-27)15-17-6-5-9-19(14-17)23(24,25)26/h2-9,14,20,28H,10-13,15-16H2,1H3. The molecule has 2 aromatic rings. The van der Waals surface area contributed by atoms with Gasteiger partial charge in [0.15, 0.2) is 6.10 Å². The molecule has 1 aliphatic heterocycles. The van der Waals surface area contributed by atoms with E-state index in [1.165, 1.54) is 13.2 Å². The van der Waals surface area contributed by atoms with Crippen LogP contribution in [0.25, 0.3) is 0 Å². The predicted octanol–water partition coefficient (Wildman–Crippen LogP) is 4.24. The van der Waals surface area contributed by atoms with E-state index in [1.807, 2.05) is 30.3 Å². The highest BCUT2D eigenvalue weighted by Crippen LogP contribution is 2.37. The van der Waals surface area contributed by atoms with E-state index in [0.717, 1.165) is 17.7 Å². The van der Waals surface area contributed by atoms with Gasteiger partial charge in [-0.2, -0.15) is 13.2 Å². The third-order valence-corrected chi connectivity index (χ3v) is 5.87. The largest absolute Gasteiger partial charge is 0.416 e. The maximum atomic E-state index is 13.0. The van der Waals surface area contributed by atoms with Crippen molar-refractivity contribution in [1.82, 2.24) is 4.90 Å². The number of nitrogens with zero attached hydrogens (tertiary/aromatic N) is 1. The van der Waals surface area contributed by atoms with Gasteiger partial charge < -0.3 is 14.7 Å². The minimum Gasteiger partial charge on any atom is -0.396 e. The molecule has 4 nitrogen and oxygen atoms in total. The van der Waals surface area contributed by atoms with Crippen LogP contribution >= 0.6 is 0 Å². The van der Waals surface area contributed by atoms with Crippen LogP contribution in [0.4, 0.5) is 13.2 Å². The van der Waals surface area contributed by atoms with Crippen LogP contribution in [0.2, 0.25) is 0 Å². The minimum absolute atomic E-state index is 0.141. The molecule has 1 unspecified atom stereocenters. The molecule has 7 heteroatoms. The van der Waals surface area contributed by atoms with Crippen molar-refractivity contribution in [3.63, 3.8) is 0 Å². The molecule has 1 fully saturated rings. The second-order valence-electron chi connectivity index (χ2n) is 7.88. The number of methoxy groups -OCH3 is 1. The van der Waals surface area contributed by atoms with Crippen LogP contribution in [-0.4, -0.2) is 42.7 Å². The van der Waals surface area contributed by atoms with Crippen LogP contribution in [0.15, 0.2) is 54.6 Å². The number of aliphatic hydroxyl groups excluding tert-OH is 1. The Morgan fingerprint density at radius 1 is 1.13 bits per heavy atom. The van der Waals surface area contributed by atoms with Crippen molar-refractivity contribution in [2.45, 2.75) is 31.5 Å². The highest BCUT2D eigenvalue weighted by Gasteiger charge is 2.38. The van der Waals surface area contributed by atoms with Crippen molar-refractivity contribution in [1.29, 1.82) is 0 Å². The van der Waals surface area contributed by atoms with Gasteiger partial charge in [0, 0.05) is 32.2 Å². The summed E-state index contributed by atoms with van der Waals surface area (Å²) in [6.07, 6.45) is -3.74. The Morgan fingerprint density at radius 3 is 2.37 bits per heavy atom. The quantitative estimate of drug-likeness (QED) is 0.759. The van der Waals surface area contributed by atoms with Gasteiger partial charge in [-0.15, -0.1) is 0 Å². The van der Waals surface area contributed by atoms with Crippen molar-refractivity contribution in [3.8, 4) is 0 Å². The highest BCUT2D eigenvalue weighted by molar-refractivity contribution is 5.82. The summed E-state index contributed by atoms with van der Waals surface area (Å²) in [5.74, 6) is -0.144. The molecule has 0 aromatic heterocycles.